The second-order valence-corrected chi connectivity index (χ2v) is 3.85. The van der Waals surface area contributed by atoms with Gasteiger partial charge in [0.25, 0.3) is 5.91 Å². The van der Waals surface area contributed by atoms with Gasteiger partial charge in [-0.1, -0.05) is 11.6 Å². The highest BCUT2D eigenvalue weighted by molar-refractivity contribution is 6.31. The molecule has 5 heteroatoms. The Morgan fingerprint density at radius 1 is 1.44 bits per heavy atom. The Balaban J connectivity index is 2.55. The van der Waals surface area contributed by atoms with Gasteiger partial charge in [0.2, 0.25) is 0 Å². The summed E-state index contributed by atoms with van der Waals surface area (Å²) in [6, 6.07) is 4.37. The lowest BCUT2D eigenvalue weighted by Crippen LogP contribution is -2.24. The fourth-order valence-corrected chi connectivity index (χ4v) is 1.43. The van der Waals surface area contributed by atoms with Crippen LogP contribution in [-0.4, -0.2) is 24.1 Å². The van der Waals surface area contributed by atoms with Crippen LogP contribution in [0.5, 0.6) is 5.75 Å². The highest BCUT2D eigenvalue weighted by Gasteiger charge is 2.10. The first-order valence-corrected chi connectivity index (χ1v) is 5.49. The smallest absolute Gasteiger partial charge is 0.255 e. The molecule has 0 saturated heterocycles. The van der Waals surface area contributed by atoms with Gasteiger partial charge in [-0.3, -0.25) is 4.79 Å². The molecule has 0 fully saturated rings. The Hall–Kier alpha value is -1.26. The standard InChI is InChI=1S/C11H15ClN2O2/c12-8-3-4-10(15)9(7-8)11(16)14-6-2-1-5-13/h3-4,7,15H,1-2,5-6,13H2,(H,14,16). The molecule has 0 saturated carbocycles. The minimum atomic E-state index is -0.322. The van der Waals surface area contributed by atoms with Crippen LogP contribution in [0.15, 0.2) is 18.2 Å². The average molecular weight is 243 g/mol. The lowest BCUT2D eigenvalue weighted by atomic mass is 10.2. The van der Waals surface area contributed by atoms with Crippen LogP contribution in [0.2, 0.25) is 5.02 Å². The zero-order valence-corrected chi connectivity index (χ0v) is 9.63. The zero-order chi connectivity index (χ0) is 12.0. The van der Waals surface area contributed by atoms with E-state index in [1.807, 2.05) is 0 Å². The number of nitrogens with one attached hydrogen (secondary N) is 1. The van der Waals surface area contributed by atoms with Gasteiger partial charge in [-0.2, -0.15) is 0 Å². The van der Waals surface area contributed by atoms with Gasteiger partial charge in [-0.05, 0) is 37.6 Å². The first-order chi connectivity index (χ1) is 7.65. The van der Waals surface area contributed by atoms with E-state index in [9.17, 15) is 9.90 Å². The fraction of sp³-hybridized carbons (Fsp3) is 0.364. The predicted octanol–water partition coefficient (Wildman–Crippen LogP) is 1.51. The third kappa shape index (κ3) is 3.72. The van der Waals surface area contributed by atoms with Crippen LogP contribution in [0.25, 0.3) is 0 Å². The minimum Gasteiger partial charge on any atom is -0.507 e. The number of benzene rings is 1. The number of halogens is 1. The van der Waals surface area contributed by atoms with Crippen molar-refractivity contribution in [2.45, 2.75) is 12.8 Å². The molecule has 0 aromatic heterocycles. The number of hydrogen-bond acceptors (Lipinski definition) is 3. The van der Waals surface area contributed by atoms with E-state index in [-0.39, 0.29) is 17.2 Å². The van der Waals surface area contributed by atoms with Crippen molar-refractivity contribution in [3.63, 3.8) is 0 Å². The van der Waals surface area contributed by atoms with E-state index in [0.717, 1.165) is 12.8 Å². The maximum absolute atomic E-state index is 11.6. The lowest BCUT2D eigenvalue weighted by Gasteiger charge is -2.06. The van der Waals surface area contributed by atoms with Crippen molar-refractivity contribution in [2.75, 3.05) is 13.1 Å². The van der Waals surface area contributed by atoms with Crippen LogP contribution in [0.3, 0.4) is 0 Å². The summed E-state index contributed by atoms with van der Waals surface area (Å²) >= 11 is 5.74. The van der Waals surface area contributed by atoms with E-state index in [2.05, 4.69) is 5.32 Å². The van der Waals surface area contributed by atoms with Crippen LogP contribution in [0, 0.1) is 0 Å². The molecule has 4 nitrogen and oxygen atoms in total. The van der Waals surface area contributed by atoms with Crippen LogP contribution >= 0.6 is 11.6 Å². The molecule has 0 atom stereocenters. The van der Waals surface area contributed by atoms with Crippen molar-refractivity contribution in [1.82, 2.24) is 5.32 Å². The summed E-state index contributed by atoms with van der Waals surface area (Å²) in [7, 11) is 0. The Labute approximate surface area is 99.4 Å². The zero-order valence-electron chi connectivity index (χ0n) is 8.87. The summed E-state index contributed by atoms with van der Waals surface area (Å²) in [4.78, 5) is 11.6. The van der Waals surface area contributed by atoms with E-state index in [0.29, 0.717) is 18.1 Å². The van der Waals surface area contributed by atoms with E-state index in [1.54, 1.807) is 0 Å². The number of hydrogen-bond donors (Lipinski definition) is 3. The van der Waals surface area contributed by atoms with Crippen LogP contribution in [-0.2, 0) is 0 Å². The maximum Gasteiger partial charge on any atom is 0.255 e. The number of amides is 1. The van der Waals surface area contributed by atoms with Gasteiger partial charge in [-0.15, -0.1) is 0 Å². The molecule has 0 bridgehead atoms. The van der Waals surface area contributed by atoms with E-state index >= 15 is 0 Å². The molecule has 16 heavy (non-hydrogen) atoms. The third-order valence-corrected chi connectivity index (χ3v) is 2.35. The Kier molecular flexibility index (Phi) is 5.08. The minimum absolute atomic E-state index is 0.0688. The van der Waals surface area contributed by atoms with Gasteiger partial charge < -0.3 is 16.2 Å². The highest BCUT2D eigenvalue weighted by atomic mass is 35.5. The van der Waals surface area contributed by atoms with Gasteiger partial charge in [0.05, 0.1) is 5.56 Å². The summed E-state index contributed by atoms with van der Waals surface area (Å²) in [5.41, 5.74) is 5.53. The summed E-state index contributed by atoms with van der Waals surface area (Å²) in [5.74, 6) is -0.391. The average Bonchev–Trinajstić information content (AvgIpc) is 2.27. The van der Waals surface area contributed by atoms with Crippen LogP contribution in [0.1, 0.15) is 23.2 Å². The van der Waals surface area contributed by atoms with Gasteiger partial charge in [0.1, 0.15) is 5.75 Å². The highest BCUT2D eigenvalue weighted by Crippen LogP contribution is 2.21. The summed E-state index contributed by atoms with van der Waals surface area (Å²) in [6.45, 7) is 1.15. The molecule has 0 heterocycles. The summed E-state index contributed by atoms with van der Waals surface area (Å²) < 4.78 is 0. The van der Waals surface area contributed by atoms with E-state index in [1.165, 1.54) is 18.2 Å². The quantitative estimate of drug-likeness (QED) is 0.686. The molecule has 0 aliphatic heterocycles. The Bertz CT molecular complexity index is 369. The fourth-order valence-electron chi connectivity index (χ4n) is 1.26. The molecule has 1 aromatic rings. The summed E-state index contributed by atoms with van der Waals surface area (Å²) in [6.07, 6.45) is 1.69. The van der Waals surface area contributed by atoms with Gasteiger partial charge >= 0.3 is 0 Å². The van der Waals surface area contributed by atoms with Crippen molar-refractivity contribution in [3.05, 3.63) is 28.8 Å². The number of carbonyl (C=O) groups is 1. The van der Waals surface area contributed by atoms with E-state index < -0.39 is 0 Å². The van der Waals surface area contributed by atoms with Crippen molar-refractivity contribution < 1.29 is 9.90 Å². The number of rotatable bonds is 5. The number of phenols is 1. The molecule has 1 amide bonds. The molecule has 1 rings (SSSR count). The SMILES string of the molecule is NCCCCNC(=O)c1cc(Cl)ccc1O. The third-order valence-electron chi connectivity index (χ3n) is 2.12. The van der Waals surface area contributed by atoms with Crippen molar-refractivity contribution in [1.29, 1.82) is 0 Å². The Morgan fingerprint density at radius 3 is 2.88 bits per heavy atom. The number of phenolic OH excluding ortho intramolecular Hbond substituents is 1. The number of carbonyl (C=O) groups excluding carboxylic acids is 1. The van der Waals surface area contributed by atoms with Crippen LogP contribution in [0.4, 0.5) is 0 Å². The molecule has 0 aliphatic rings. The Morgan fingerprint density at radius 2 is 2.19 bits per heavy atom. The monoisotopic (exact) mass is 242 g/mol. The van der Waals surface area contributed by atoms with Crippen molar-refractivity contribution in [3.8, 4) is 5.75 Å². The first-order valence-electron chi connectivity index (χ1n) is 5.12. The summed E-state index contributed by atoms with van der Waals surface area (Å²) in [5, 5.41) is 12.6. The number of aromatic hydroxyl groups is 1. The molecular formula is C11H15ClN2O2. The molecule has 88 valence electrons. The second kappa shape index (κ2) is 6.35. The molecule has 1 aromatic carbocycles. The largest absolute Gasteiger partial charge is 0.507 e. The van der Waals surface area contributed by atoms with Gasteiger partial charge in [-0.25, -0.2) is 0 Å². The molecule has 4 N–H and O–H groups in total. The molecule has 0 spiro atoms. The second-order valence-electron chi connectivity index (χ2n) is 3.41. The topological polar surface area (TPSA) is 75.3 Å². The maximum atomic E-state index is 11.6. The molecular weight excluding hydrogens is 228 g/mol. The first kappa shape index (κ1) is 12.8. The van der Waals surface area contributed by atoms with E-state index in [4.69, 9.17) is 17.3 Å². The number of unbranched alkanes of at least 4 members (excludes halogenated alkanes) is 1. The molecule has 0 aliphatic carbocycles. The van der Waals surface area contributed by atoms with Gasteiger partial charge in [0.15, 0.2) is 0 Å². The molecule has 0 radical (unpaired) electrons. The predicted molar refractivity (Wildman–Crippen MR) is 63.7 cm³/mol. The van der Waals surface area contributed by atoms with Crippen molar-refractivity contribution >= 4 is 17.5 Å². The number of nitrogens with two attached hydrogens (primary N) is 1. The van der Waals surface area contributed by atoms with Crippen molar-refractivity contribution in [2.24, 2.45) is 5.73 Å². The van der Waals surface area contributed by atoms with Gasteiger partial charge in [0, 0.05) is 11.6 Å². The van der Waals surface area contributed by atoms with Crippen LogP contribution < -0.4 is 11.1 Å². The molecule has 0 unspecified atom stereocenters. The lowest BCUT2D eigenvalue weighted by molar-refractivity contribution is 0.0950. The normalized spacial score (nSPS) is 10.1.